The van der Waals surface area contributed by atoms with Crippen molar-refractivity contribution in [2.24, 2.45) is 0 Å². The van der Waals surface area contributed by atoms with E-state index in [-0.39, 0.29) is 5.75 Å². The van der Waals surface area contributed by atoms with E-state index in [1.807, 2.05) is 37.3 Å². The number of phenolic OH excluding ortho intramolecular Hbond substituents is 1. The number of para-hydroxylation sites is 1. The molecule has 25 heavy (non-hydrogen) atoms. The highest BCUT2D eigenvalue weighted by Gasteiger charge is 2.10. The maximum Gasteiger partial charge on any atom is 0.145 e. The van der Waals surface area contributed by atoms with E-state index in [4.69, 9.17) is 11.6 Å². The standard InChI is InChI=1S/C19H15ClN4O/c1-12-4-2-3-5-15(12)21-14-7-9-18(19(25)11-14)24-22-16-8-6-13(20)10-17(16)23-24/h2-11,21,25H,1H3. The second kappa shape index (κ2) is 6.11. The summed E-state index contributed by atoms with van der Waals surface area (Å²) < 4.78 is 0. The van der Waals surface area contributed by atoms with Gasteiger partial charge in [-0.3, -0.25) is 0 Å². The van der Waals surface area contributed by atoms with Gasteiger partial charge in [-0.05, 0) is 48.9 Å². The van der Waals surface area contributed by atoms with E-state index in [1.54, 1.807) is 30.3 Å². The van der Waals surface area contributed by atoms with Crippen molar-refractivity contribution in [2.45, 2.75) is 6.92 Å². The van der Waals surface area contributed by atoms with Crippen molar-refractivity contribution in [1.29, 1.82) is 0 Å². The summed E-state index contributed by atoms with van der Waals surface area (Å²) in [5.74, 6) is 0.0880. The number of halogens is 1. The normalized spacial score (nSPS) is 11.0. The molecule has 5 nitrogen and oxygen atoms in total. The first-order valence-electron chi connectivity index (χ1n) is 7.79. The number of aryl methyl sites for hydroxylation is 1. The number of nitrogens with one attached hydrogen (secondary N) is 1. The molecule has 1 heterocycles. The van der Waals surface area contributed by atoms with E-state index in [2.05, 4.69) is 15.5 Å². The Bertz CT molecular complexity index is 1070. The minimum Gasteiger partial charge on any atom is -0.506 e. The van der Waals surface area contributed by atoms with Crippen LogP contribution < -0.4 is 5.32 Å². The van der Waals surface area contributed by atoms with Gasteiger partial charge in [0.15, 0.2) is 0 Å². The van der Waals surface area contributed by atoms with Crippen LogP contribution in [0.2, 0.25) is 5.02 Å². The molecule has 6 heteroatoms. The van der Waals surface area contributed by atoms with Crippen molar-refractivity contribution >= 4 is 34.0 Å². The topological polar surface area (TPSA) is 63.0 Å². The number of aromatic nitrogens is 3. The molecule has 3 aromatic carbocycles. The summed E-state index contributed by atoms with van der Waals surface area (Å²) in [7, 11) is 0. The van der Waals surface area contributed by atoms with Crippen molar-refractivity contribution in [3.05, 3.63) is 71.2 Å². The Kier molecular flexibility index (Phi) is 3.78. The number of rotatable bonds is 3. The molecular formula is C19H15ClN4O. The minimum atomic E-state index is 0.0880. The van der Waals surface area contributed by atoms with Gasteiger partial charge in [-0.25, -0.2) is 0 Å². The number of hydrogen-bond donors (Lipinski definition) is 2. The predicted molar refractivity (Wildman–Crippen MR) is 100 cm³/mol. The van der Waals surface area contributed by atoms with Crippen LogP contribution in [-0.4, -0.2) is 20.1 Å². The quantitative estimate of drug-likeness (QED) is 0.555. The monoisotopic (exact) mass is 350 g/mol. The Morgan fingerprint density at radius 2 is 1.76 bits per heavy atom. The van der Waals surface area contributed by atoms with Gasteiger partial charge in [0, 0.05) is 22.5 Å². The van der Waals surface area contributed by atoms with Crippen LogP contribution >= 0.6 is 11.6 Å². The van der Waals surface area contributed by atoms with E-state index >= 15 is 0 Å². The number of phenols is 1. The van der Waals surface area contributed by atoms with Crippen molar-refractivity contribution in [3.8, 4) is 11.4 Å². The molecule has 0 radical (unpaired) electrons. The molecule has 0 aliphatic rings. The average molecular weight is 351 g/mol. The van der Waals surface area contributed by atoms with Gasteiger partial charge in [-0.2, -0.15) is 0 Å². The van der Waals surface area contributed by atoms with Crippen molar-refractivity contribution < 1.29 is 5.11 Å². The first-order chi connectivity index (χ1) is 12.1. The molecule has 124 valence electrons. The number of anilines is 2. The Hall–Kier alpha value is -3.05. The molecule has 0 saturated heterocycles. The van der Waals surface area contributed by atoms with Gasteiger partial charge in [0.1, 0.15) is 22.5 Å². The molecule has 1 aromatic heterocycles. The van der Waals surface area contributed by atoms with E-state index < -0.39 is 0 Å². The number of benzene rings is 3. The summed E-state index contributed by atoms with van der Waals surface area (Å²) in [5.41, 5.74) is 4.80. The molecule has 4 rings (SSSR count). The zero-order valence-corrected chi connectivity index (χ0v) is 14.2. The second-order valence-electron chi connectivity index (χ2n) is 5.77. The molecule has 0 aliphatic carbocycles. The van der Waals surface area contributed by atoms with Crippen LogP contribution in [0.4, 0.5) is 11.4 Å². The largest absolute Gasteiger partial charge is 0.506 e. The lowest BCUT2D eigenvalue weighted by molar-refractivity contribution is 0.468. The predicted octanol–water partition coefficient (Wildman–Crippen LogP) is 4.83. The summed E-state index contributed by atoms with van der Waals surface area (Å²) >= 11 is 5.98. The third-order valence-electron chi connectivity index (χ3n) is 3.96. The van der Waals surface area contributed by atoms with Gasteiger partial charge >= 0.3 is 0 Å². The number of aromatic hydroxyl groups is 1. The molecule has 0 atom stereocenters. The van der Waals surface area contributed by atoms with Gasteiger partial charge in [-0.1, -0.05) is 29.8 Å². The fourth-order valence-corrected chi connectivity index (χ4v) is 2.80. The molecule has 2 N–H and O–H groups in total. The zero-order chi connectivity index (χ0) is 17.4. The molecule has 0 saturated carbocycles. The Labute approximate surface area is 149 Å². The minimum absolute atomic E-state index is 0.0880. The molecule has 0 aliphatic heterocycles. The lowest BCUT2D eigenvalue weighted by Crippen LogP contribution is -2.00. The van der Waals surface area contributed by atoms with Gasteiger partial charge in [0.25, 0.3) is 0 Å². The van der Waals surface area contributed by atoms with Gasteiger partial charge < -0.3 is 10.4 Å². The summed E-state index contributed by atoms with van der Waals surface area (Å²) in [6, 6.07) is 18.6. The van der Waals surface area contributed by atoms with Crippen molar-refractivity contribution in [3.63, 3.8) is 0 Å². The average Bonchev–Trinajstić information content (AvgIpc) is 3.00. The van der Waals surface area contributed by atoms with Crippen LogP contribution in [-0.2, 0) is 0 Å². The SMILES string of the molecule is Cc1ccccc1Nc1ccc(-n2nc3ccc(Cl)cc3n2)c(O)c1. The van der Waals surface area contributed by atoms with Crippen LogP contribution in [0.15, 0.2) is 60.7 Å². The maximum absolute atomic E-state index is 10.4. The highest BCUT2D eigenvalue weighted by molar-refractivity contribution is 6.31. The van der Waals surface area contributed by atoms with E-state index in [0.29, 0.717) is 21.7 Å². The van der Waals surface area contributed by atoms with E-state index in [0.717, 1.165) is 16.9 Å². The summed E-state index contributed by atoms with van der Waals surface area (Å²) in [6.07, 6.45) is 0. The zero-order valence-electron chi connectivity index (χ0n) is 13.4. The van der Waals surface area contributed by atoms with Gasteiger partial charge in [0.2, 0.25) is 0 Å². The highest BCUT2D eigenvalue weighted by Crippen LogP contribution is 2.28. The first-order valence-corrected chi connectivity index (χ1v) is 8.16. The van der Waals surface area contributed by atoms with Crippen LogP contribution in [0.1, 0.15) is 5.56 Å². The van der Waals surface area contributed by atoms with E-state index in [9.17, 15) is 5.11 Å². The fourth-order valence-electron chi connectivity index (χ4n) is 2.63. The van der Waals surface area contributed by atoms with E-state index in [1.165, 1.54) is 4.80 Å². The smallest absolute Gasteiger partial charge is 0.145 e. The highest BCUT2D eigenvalue weighted by atomic mass is 35.5. The third kappa shape index (κ3) is 3.02. The molecule has 0 unspecified atom stereocenters. The third-order valence-corrected chi connectivity index (χ3v) is 4.19. The molecule has 4 aromatic rings. The van der Waals surface area contributed by atoms with Crippen LogP contribution in [0, 0.1) is 6.92 Å². The van der Waals surface area contributed by atoms with Crippen LogP contribution in [0.3, 0.4) is 0 Å². The second-order valence-corrected chi connectivity index (χ2v) is 6.20. The lowest BCUT2D eigenvalue weighted by atomic mass is 10.2. The summed E-state index contributed by atoms with van der Waals surface area (Å²) in [4.78, 5) is 1.41. The summed E-state index contributed by atoms with van der Waals surface area (Å²) in [5, 5.41) is 23.1. The molecule has 0 bridgehead atoms. The number of fused-ring (bicyclic) bond motifs is 1. The van der Waals surface area contributed by atoms with Crippen LogP contribution in [0.5, 0.6) is 5.75 Å². The van der Waals surface area contributed by atoms with Gasteiger partial charge in [-0.15, -0.1) is 15.0 Å². The molecular weight excluding hydrogens is 336 g/mol. The number of hydrogen-bond acceptors (Lipinski definition) is 4. The van der Waals surface area contributed by atoms with Gasteiger partial charge in [0.05, 0.1) is 0 Å². The fraction of sp³-hybridized carbons (Fsp3) is 0.0526. The summed E-state index contributed by atoms with van der Waals surface area (Å²) in [6.45, 7) is 2.03. The Morgan fingerprint density at radius 1 is 0.960 bits per heavy atom. The van der Waals surface area contributed by atoms with Crippen LogP contribution in [0.25, 0.3) is 16.7 Å². The maximum atomic E-state index is 10.4. The number of nitrogens with zero attached hydrogens (tertiary/aromatic N) is 3. The lowest BCUT2D eigenvalue weighted by Gasteiger charge is -2.11. The Balaban J connectivity index is 1.68. The first kappa shape index (κ1) is 15.5. The van der Waals surface area contributed by atoms with Crippen molar-refractivity contribution in [2.75, 3.05) is 5.32 Å². The molecule has 0 fully saturated rings. The Morgan fingerprint density at radius 3 is 2.56 bits per heavy atom. The van der Waals surface area contributed by atoms with Crippen molar-refractivity contribution in [1.82, 2.24) is 15.0 Å². The molecule has 0 amide bonds. The molecule has 0 spiro atoms.